The minimum absolute atomic E-state index is 0.0178. The lowest BCUT2D eigenvalue weighted by Crippen LogP contribution is -2.51. The van der Waals surface area contributed by atoms with Crippen molar-refractivity contribution in [2.24, 2.45) is 0 Å². The summed E-state index contributed by atoms with van der Waals surface area (Å²) in [5.74, 6) is 1.09. The van der Waals surface area contributed by atoms with E-state index in [1.807, 2.05) is 13.8 Å². The van der Waals surface area contributed by atoms with Gasteiger partial charge in [0.2, 0.25) is 5.91 Å². The van der Waals surface area contributed by atoms with Gasteiger partial charge in [0.1, 0.15) is 11.5 Å². The Morgan fingerprint density at radius 3 is 2.36 bits per heavy atom. The minimum atomic E-state index is -0.0815. The molecule has 25 heavy (non-hydrogen) atoms. The Morgan fingerprint density at radius 1 is 1.12 bits per heavy atom. The van der Waals surface area contributed by atoms with Crippen molar-refractivity contribution in [3.8, 4) is 11.5 Å². The molecule has 1 N–H and O–H groups in total. The molecule has 1 aromatic rings. The van der Waals surface area contributed by atoms with Crippen molar-refractivity contribution in [3.63, 3.8) is 0 Å². The van der Waals surface area contributed by atoms with Crippen LogP contribution in [0.25, 0.3) is 0 Å². The predicted molar refractivity (Wildman–Crippen MR) is 95.2 cm³/mol. The second-order valence-electron chi connectivity index (χ2n) is 6.36. The van der Waals surface area contributed by atoms with Gasteiger partial charge < -0.3 is 19.7 Å². The number of rotatable bonds is 6. The van der Waals surface area contributed by atoms with E-state index < -0.39 is 0 Å². The Morgan fingerprint density at radius 2 is 1.80 bits per heavy atom. The third-order valence-corrected chi connectivity index (χ3v) is 4.11. The molecule has 7 heteroatoms. The van der Waals surface area contributed by atoms with Gasteiger partial charge in [-0.2, -0.15) is 0 Å². The van der Waals surface area contributed by atoms with Gasteiger partial charge >= 0.3 is 0 Å². The first kappa shape index (κ1) is 19.1. The molecule has 1 aliphatic rings. The minimum Gasteiger partial charge on any atom is -0.497 e. The molecule has 1 saturated heterocycles. The second-order valence-corrected chi connectivity index (χ2v) is 6.36. The maximum absolute atomic E-state index is 12.8. The van der Waals surface area contributed by atoms with Crippen LogP contribution in [-0.2, 0) is 4.79 Å². The Hall–Kier alpha value is -2.28. The fourth-order valence-corrected chi connectivity index (χ4v) is 2.83. The van der Waals surface area contributed by atoms with Crippen LogP contribution in [0.4, 0.5) is 0 Å². The Kier molecular flexibility index (Phi) is 6.64. The smallest absolute Gasteiger partial charge is 0.257 e. The number of nitrogens with zero attached hydrogens (tertiary/aromatic N) is 2. The van der Waals surface area contributed by atoms with Crippen LogP contribution in [0.3, 0.4) is 0 Å². The summed E-state index contributed by atoms with van der Waals surface area (Å²) in [4.78, 5) is 28.5. The van der Waals surface area contributed by atoms with Gasteiger partial charge in [-0.1, -0.05) is 0 Å². The van der Waals surface area contributed by atoms with Gasteiger partial charge in [0, 0.05) is 32.2 Å². The van der Waals surface area contributed by atoms with E-state index in [2.05, 4.69) is 10.2 Å². The molecule has 0 aliphatic carbocycles. The van der Waals surface area contributed by atoms with Gasteiger partial charge in [-0.25, -0.2) is 0 Å². The first-order valence-corrected chi connectivity index (χ1v) is 8.47. The molecular formula is C18H27N3O4. The van der Waals surface area contributed by atoms with E-state index in [9.17, 15) is 9.59 Å². The summed E-state index contributed by atoms with van der Waals surface area (Å²) in [6, 6.07) is 5.33. The van der Waals surface area contributed by atoms with Crippen LogP contribution in [0, 0.1) is 0 Å². The molecular weight excluding hydrogens is 322 g/mol. The normalized spacial score (nSPS) is 15.2. The van der Waals surface area contributed by atoms with Crippen LogP contribution >= 0.6 is 0 Å². The average molecular weight is 349 g/mol. The summed E-state index contributed by atoms with van der Waals surface area (Å²) in [6.45, 7) is 6.74. The molecule has 1 aliphatic heterocycles. The number of carbonyl (C=O) groups excluding carboxylic acids is 2. The predicted octanol–water partition coefficient (Wildman–Crippen LogP) is 0.986. The Balaban J connectivity index is 1.96. The van der Waals surface area contributed by atoms with Crippen molar-refractivity contribution < 1.29 is 19.1 Å². The summed E-state index contributed by atoms with van der Waals surface area (Å²) in [5.41, 5.74) is 0.493. The molecule has 1 heterocycles. The van der Waals surface area contributed by atoms with Gasteiger partial charge in [-0.3, -0.25) is 14.5 Å². The first-order valence-electron chi connectivity index (χ1n) is 8.47. The number of amides is 2. The average Bonchev–Trinajstić information content (AvgIpc) is 2.60. The second kappa shape index (κ2) is 8.71. The molecule has 0 spiro atoms. The van der Waals surface area contributed by atoms with Gasteiger partial charge in [-0.05, 0) is 32.0 Å². The number of piperazine rings is 1. The van der Waals surface area contributed by atoms with Gasteiger partial charge in [0.15, 0.2) is 0 Å². The van der Waals surface area contributed by atoms with E-state index in [0.29, 0.717) is 49.8 Å². The number of ether oxygens (including phenoxy) is 2. The van der Waals surface area contributed by atoms with Crippen molar-refractivity contribution >= 4 is 11.8 Å². The maximum atomic E-state index is 12.8. The number of carbonyl (C=O) groups is 2. The van der Waals surface area contributed by atoms with E-state index in [1.165, 1.54) is 0 Å². The number of nitrogens with one attached hydrogen (secondary N) is 1. The lowest BCUT2D eigenvalue weighted by atomic mass is 10.1. The third kappa shape index (κ3) is 5.09. The van der Waals surface area contributed by atoms with Crippen molar-refractivity contribution in [1.82, 2.24) is 15.1 Å². The highest BCUT2D eigenvalue weighted by atomic mass is 16.5. The lowest BCUT2D eigenvalue weighted by molar-refractivity contribution is -0.123. The van der Waals surface area contributed by atoms with E-state index in [0.717, 1.165) is 0 Å². The van der Waals surface area contributed by atoms with E-state index in [4.69, 9.17) is 9.47 Å². The largest absolute Gasteiger partial charge is 0.497 e. The highest BCUT2D eigenvalue weighted by Crippen LogP contribution is 2.25. The summed E-state index contributed by atoms with van der Waals surface area (Å²) in [5, 5.41) is 2.89. The zero-order valence-electron chi connectivity index (χ0n) is 15.4. The summed E-state index contributed by atoms with van der Waals surface area (Å²) < 4.78 is 10.5. The topological polar surface area (TPSA) is 71.1 Å². The standard InChI is InChI=1S/C18H27N3O4/c1-13(2)19-17(22)12-20-7-9-21(10-8-20)18(23)15-11-14(24-3)5-6-16(15)25-4/h5-6,11,13H,7-10,12H2,1-4H3,(H,19,22). The molecule has 1 aromatic carbocycles. The van der Waals surface area contributed by atoms with Gasteiger partial charge in [0.05, 0.1) is 26.3 Å². The monoisotopic (exact) mass is 349 g/mol. The lowest BCUT2D eigenvalue weighted by Gasteiger charge is -2.34. The molecule has 138 valence electrons. The molecule has 1 fully saturated rings. The summed E-state index contributed by atoms with van der Waals surface area (Å²) in [7, 11) is 3.11. The van der Waals surface area contributed by atoms with Crippen LogP contribution in [0.1, 0.15) is 24.2 Å². The molecule has 0 saturated carbocycles. The fourth-order valence-electron chi connectivity index (χ4n) is 2.83. The third-order valence-electron chi connectivity index (χ3n) is 4.11. The molecule has 7 nitrogen and oxygen atoms in total. The summed E-state index contributed by atoms with van der Waals surface area (Å²) in [6.07, 6.45) is 0. The van der Waals surface area contributed by atoms with Gasteiger partial charge in [0.25, 0.3) is 5.91 Å². The number of hydrogen-bond donors (Lipinski definition) is 1. The van der Waals surface area contributed by atoms with Crippen LogP contribution in [0.15, 0.2) is 18.2 Å². The number of methoxy groups -OCH3 is 2. The zero-order chi connectivity index (χ0) is 18.4. The van der Waals surface area contributed by atoms with Crippen LogP contribution < -0.4 is 14.8 Å². The van der Waals surface area contributed by atoms with Crippen LogP contribution in [0.2, 0.25) is 0 Å². The maximum Gasteiger partial charge on any atom is 0.257 e. The number of benzene rings is 1. The number of hydrogen-bond acceptors (Lipinski definition) is 5. The highest BCUT2D eigenvalue weighted by molar-refractivity contribution is 5.97. The molecule has 0 unspecified atom stereocenters. The zero-order valence-corrected chi connectivity index (χ0v) is 15.4. The molecule has 0 bridgehead atoms. The molecule has 0 radical (unpaired) electrons. The van der Waals surface area contributed by atoms with Crippen molar-refractivity contribution in [1.29, 1.82) is 0 Å². The van der Waals surface area contributed by atoms with E-state index in [1.54, 1.807) is 37.3 Å². The quantitative estimate of drug-likeness (QED) is 0.829. The van der Waals surface area contributed by atoms with E-state index >= 15 is 0 Å². The highest BCUT2D eigenvalue weighted by Gasteiger charge is 2.25. The van der Waals surface area contributed by atoms with Crippen molar-refractivity contribution in [2.75, 3.05) is 46.9 Å². The van der Waals surface area contributed by atoms with Crippen LogP contribution in [-0.4, -0.2) is 74.6 Å². The SMILES string of the molecule is COc1ccc(OC)c(C(=O)N2CCN(CC(=O)NC(C)C)CC2)c1. The van der Waals surface area contributed by atoms with Crippen LogP contribution in [0.5, 0.6) is 11.5 Å². The first-order chi connectivity index (χ1) is 11.9. The van der Waals surface area contributed by atoms with Gasteiger partial charge in [-0.15, -0.1) is 0 Å². The summed E-state index contributed by atoms with van der Waals surface area (Å²) >= 11 is 0. The molecule has 2 amide bonds. The Labute approximate surface area is 148 Å². The molecule has 2 rings (SSSR count). The molecule has 0 aromatic heterocycles. The van der Waals surface area contributed by atoms with E-state index in [-0.39, 0.29) is 17.9 Å². The Bertz CT molecular complexity index is 610. The fraction of sp³-hybridized carbons (Fsp3) is 0.556. The molecule has 0 atom stereocenters. The van der Waals surface area contributed by atoms with Crippen molar-refractivity contribution in [2.45, 2.75) is 19.9 Å². The van der Waals surface area contributed by atoms with Crippen molar-refractivity contribution in [3.05, 3.63) is 23.8 Å².